The molecule has 3 aromatic carbocycles. The maximum atomic E-state index is 2.56. The van der Waals surface area contributed by atoms with Gasteiger partial charge in [-0.05, 0) is 36.8 Å². The Morgan fingerprint density at radius 3 is 1.67 bits per heavy atom. The third-order valence-corrected chi connectivity index (χ3v) is 10.5. The molecule has 0 atom stereocenters. The number of hydrogen-bond donors (Lipinski definition) is 0. The minimum Gasteiger partial charge on any atom is -1.00 e. The fraction of sp³-hybridized carbons (Fsp3) is 0.452. The van der Waals surface area contributed by atoms with E-state index in [9.17, 15) is 0 Å². The predicted octanol–water partition coefficient (Wildman–Crippen LogP) is -0.850. The fourth-order valence-corrected chi connectivity index (χ4v) is 7.73. The summed E-state index contributed by atoms with van der Waals surface area (Å²) in [6.45, 7) is 9.69. The van der Waals surface area contributed by atoms with Crippen molar-refractivity contribution in [3.63, 3.8) is 0 Å². The second-order valence-corrected chi connectivity index (χ2v) is 14.4. The van der Waals surface area contributed by atoms with Crippen LogP contribution in [0.2, 0.25) is 13.1 Å². The molecule has 0 amide bonds. The van der Waals surface area contributed by atoms with Gasteiger partial charge in [-0.2, -0.15) is 18.2 Å². The number of hydrogen-bond acceptors (Lipinski definition) is 0. The van der Waals surface area contributed by atoms with Crippen molar-refractivity contribution >= 4 is 18.4 Å². The molecule has 0 radical (unpaired) electrons. The Morgan fingerprint density at radius 1 is 0.639 bits per heavy atom. The van der Waals surface area contributed by atoms with Crippen LogP contribution in [-0.2, 0) is 34.6 Å². The number of rotatable bonds is 13. The van der Waals surface area contributed by atoms with Crippen molar-refractivity contribution < 1.29 is 58.9 Å². The molecule has 0 saturated carbocycles. The normalized spacial score (nSPS) is 10.4. The van der Waals surface area contributed by atoms with Crippen LogP contribution in [0.3, 0.4) is 0 Å². The molecule has 0 aromatic heterocycles. The summed E-state index contributed by atoms with van der Waals surface area (Å²) in [5, 5.41) is 3.18. The van der Waals surface area contributed by atoms with E-state index in [0.717, 1.165) is 0 Å². The van der Waals surface area contributed by atoms with Gasteiger partial charge in [0.1, 0.15) is 0 Å². The van der Waals surface area contributed by atoms with Crippen molar-refractivity contribution in [2.75, 3.05) is 0 Å². The second-order valence-electron chi connectivity index (χ2n) is 10.0. The third kappa shape index (κ3) is 10.8. The van der Waals surface area contributed by atoms with Gasteiger partial charge in [-0.3, -0.25) is 0 Å². The van der Waals surface area contributed by atoms with Crippen LogP contribution in [0.5, 0.6) is 0 Å². The predicted molar refractivity (Wildman–Crippen MR) is 146 cm³/mol. The van der Waals surface area contributed by atoms with E-state index in [1.54, 1.807) is 21.5 Å². The first-order chi connectivity index (χ1) is 15.6. The first-order valence-corrected chi connectivity index (χ1v) is 16.0. The summed E-state index contributed by atoms with van der Waals surface area (Å²) in [6, 6.07) is 25.6. The molecule has 3 aromatic rings. The minimum atomic E-state index is -1.80. The molecule has 0 aliphatic rings. The smallest absolute Gasteiger partial charge is 1.00 e. The van der Waals surface area contributed by atoms with E-state index in [4.69, 9.17) is 0 Å². The van der Waals surface area contributed by atoms with Crippen LogP contribution in [0.25, 0.3) is 11.1 Å². The van der Waals surface area contributed by atoms with E-state index in [1.807, 2.05) is 0 Å². The standard InChI is InChI=1S/C31H43Si.3ClH.Ti/c1-5-7-9-12-17-26-23-27(18-13-10-8-6-2)25-29(24-26)32(3,4)31-22-16-21-30(31)28-19-14-11-15-20-28;;;;/h11,14-16,19-25H,5-10,12-13,17-18H2,1-4H3;3*1H;/q-1;;;;+4/p-3. The summed E-state index contributed by atoms with van der Waals surface area (Å²) in [5.74, 6) is 0. The van der Waals surface area contributed by atoms with Gasteiger partial charge in [0.05, 0.1) is 8.07 Å². The van der Waals surface area contributed by atoms with Gasteiger partial charge >= 0.3 is 21.7 Å². The monoisotopic (exact) mass is 596 g/mol. The molecule has 0 fully saturated rings. The van der Waals surface area contributed by atoms with E-state index < -0.39 is 8.07 Å². The number of benzene rings is 2. The van der Waals surface area contributed by atoms with Gasteiger partial charge in [-0.1, -0.05) is 119 Å². The fourth-order valence-electron chi connectivity index (χ4n) is 4.91. The van der Waals surface area contributed by atoms with Crippen LogP contribution in [0.15, 0.2) is 66.7 Å². The Kier molecular flexibility index (Phi) is 20.6. The van der Waals surface area contributed by atoms with E-state index in [1.165, 1.54) is 75.3 Å². The van der Waals surface area contributed by atoms with Crippen molar-refractivity contribution in [1.29, 1.82) is 0 Å². The Bertz CT molecular complexity index is 923. The van der Waals surface area contributed by atoms with Crippen molar-refractivity contribution in [3.05, 3.63) is 77.9 Å². The maximum absolute atomic E-state index is 2.56. The SMILES string of the molecule is CCCCCCc1cc(CCCCCC)cc([Si](C)(C)[c-]2cccc2-c2ccccc2)c1.[Cl-].[Cl-].[Cl-].[Ti+4]. The zero-order chi connectivity index (χ0) is 22.8. The van der Waals surface area contributed by atoms with Crippen LogP contribution in [0.1, 0.15) is 76.3 Å². The summed E-state index contributed by atoms with van der Waals surface area (Å²) in [4.78, 5) is 0. The van der Waals surface area contributed by atoms with Gasteiger partial charge in [0.2, 0.25) is 0 Å². The quantitative estimate of drug-likeness (QED) is 0.137. The van der Waals surface area contributed by atoms with Crippen molar-refractivity contribution in [2.45, 2.75) is 91.1 Å². The van der Waals surface area contributed by atoms with Crippen molar-refractivity contribution in [3.8, 4) is 11.1 Å². The first kappa shape index (κ1) is 37.7. The van der Waals surface area contributed by atoms with Crippen LogP contribution in [-0.4, -0.2) is 8.07 Å². The van der Waals surface area contributed by atoms with Crippen LogP contribution < -0.4 is 47.6 Å². The van der Waals surface area contributed by atoms with Gasteiger partial charge in [0, 0.05) is 0 Å². The molecular weight excluding hydrogens is 555 g/mol. The van der Waals surface area contributed by atoms with Crippen LogP contribution >= 0.6 is 0 Å². The van der Waals surface area contributed by atoms with Crippen molar-refractivity contribution in [1.82, 2.24) is 0 Å². The Balaban J connectivity index is 0. The van der Waals surface area contributed by atoms with Gasteiger partial charge < -0.3 is 37.2 Å². The molecule has 0 saturated heterocycles. The van der Waals surface area contributed by atoms with Gasteiger partial charge in [-0.15, -0.1) is 16.3 Å². The summed E-state index contributed by atoms with van der Waals surface area (Å²) in [6.07, 6.45) is 13.1. The molecule has 0 bridgehead atoms. The summed E-state index contributed by atoms with van der Waals surface area (Å²) in [5.41, 5.74) is 5.92. The molecule has 0 nitrogen and oxygen atoms in total. The average molecular weight is 598 g/mol. The molecule has 0 aliphatic carbocycles. The summed E-state index contributed by atoms with van der Waals surface area (Å²) in [7, 11) is -1.80. The first-order valence-electron chi connectivity index (χ1n) is 13.0. The van der Waals surface area contributed by atoms with Crippen molar-refractivity contribution in [2.24, 2.45) is 0 Å². The van der Waals surface area contributed by atoms with Gasteiger partial charge in [-0.25, -0.2) is 0 Å². The summed E-state index contributed by atoms with van der Waals surface area (Å²) >= 11 is 0. The molecule has 0 heterocycles. The molecule has 0 spiro atoms. The molecule has 0 unspecified atom stereocenters. The van der Waals surface area contributed by atoms with E-state index >= 15 is 0 Å². The number of unbranched alkanes of at least 4 members (excludes halogenated alkanes) is 6. The molecule has 0 N–H and O–H groups in total. The van der Waals surface area contributed by atoms with Gasteiger partial charge in [0.25, 0.3) is 0 Å². The van der Waals surface area contributed by atoms with E-state index in [-0.39, 0.29) is 58.9 Å². The molecule has 196 valence electrons. The Labute approximate surface area is 255 Å². The number of halogens is 3. The zero-order valence-corrected chi connectivity index (χ0v) is 27.4. The van der Waals surface area contributed by atoms with E-state index in [0.29, 0.717) is 0 Å². The maximum Gasteiger partial charge on any atom is 4.00 e. The second kappa shape index (κ2) is 19.6. The Hall–Kier alpha value is -0.409. The minimum absolute atomic E-state index is 0. The number of aryl methyl sites for hydroxylation is 2. The molecule has 0 aliphatic heterocycles. The Morgan fingerprint density at radius 2 is 1.17 bits per heavy atom. The molecular formula is C31H43Cl3SiTi. The van der Waals surface area contributed by atoms with Crippen LogP contribution in [0, 0.1) is 0 Å². The van der Waals surface area contributed by atoms with Gasteiger partial charge in [0.15, 0.2) is 0 Å². The van der Waals surface area contributed by atoms with Crippen LogP contribution in [0.4, 0.5) is 0 Å². The molecule has 36 heavy (non-hydrogen) atoms. The largest absolute Gasteiger partial charge is 4.00 e. The third-order valence-electron chi connectivity index (χ3n) is 6.99. The average Bonchev–Trinajstić information content (AvgIpc) is 3.31. The topological polar surface area (TPSA) is 0 Å². The molecule has 5 heteroatoms. The summed E-state index contributed by atoms with van der Waals surface area (Å²) < 4.78 is 0. The van der Waals surface area contributed by atoms with E-state index in [2.05, 4.69) is 93.7 Å². The zero-order valence-electron chi connectivity index (χ0n) is 22.6. The molecule has 3 rings (SSSR count).